The zero-order chi connectivity index (χ0) is 11.3. The van der Waals surface area contributed by atoms with Gasteiger partial charge in [-0.2, -0.15) is 0 Å². The summed E-state index contributed by atoms with van der Waals surface area (Å²) in [6, 6.07) is 6.90. The minimum atomic E-state index is 0.778. The number of benzene rings is 1. The second-order valence-corrected chi connectivity index (χ2v) is 4.63. The van der Waals surface area contributed by atoms with E-state index in [4.69, 9.17) is 0 Å². The van der Waals surface area contributed by atoms with Crippen LogP contribution < -0.4 is 0 Å². The Morgan fingerprint density at radius 1 is 1.00 bits per heavy atom. The first kappa shape index (κ1) is 12.3. The molecule has 0 aromatic heterocycles. The second kappa shape index (κ2) is 5.95. The van der Waals surface area contributed by atoms with Crippen molar-refractivity contribution in [1.29, 1.82) is 0 Å². The smallest absolute Gasteiger partial charge is 0.0160 e. The molecule has 84 valence electrons. The lowest BCUT2D eigenvalue weighted by molar-refractivity contribution is 0.558. The SMILES string of the molecule is CCCC(CCC)c1ccc(C)cc1C. The van der Waals surface area contributed by atoms with Gasteiger partial charge in [-0.1, -0.05) is 50.5 Å². The van der Waals surface area contributed by atoms with Crippen molar-refractivity contribution in [3.63, 3.8) is 0 Å². The van der Waals surface area contributed by atoms with Crippen LogP contribution in [0.1, 0.15) is 62.1 Å². The van der Waals surface area contributed by atoms with Gasteiger partial charge in [0.05, 0.1) is 0 Å². The molecule has 0 aliphatic carbocycles. The van der Waals surface area contributed by atoms with Crippen molar-refractivity contribution in [3.8, 4) is 0 Å². The van der Waals surface area contributed by atoms with Gasteiger partial charge < -0.3 is 0 Å². The van der Waals surface area contributed by atoms with Gasteiger partial charge >= 0.3 is 0 Å². The lowest BCUT2D eigenvalue weighted by Gasteiger charge is -2.18. The van der Waals surface area contributed by atoms with Gasteiger partial charge in [-0.3, -0.25) is 0 Å². The van der Waals surface area contributed by atoms with Gasteiger partial charge in [-0.15, -0.1) is 0 Å². The molecular weight excluding hydrogens is 180 g/mol. The molecule has 0 saturated heterocycles. The Bertz CT molecular complexity index is 293. The summed E-state index contributed by atoms with van der Waals surface area (Å²) in [5.41, 5.74) is 4.43. The number of rotatable bonds is 5. The van der Waals surface area contributed by atoms with E-state index in [1.807, 2.05) is 0 Å². The fourth-order valence-electron chi connectivity index (χ4n) is 2.44. The Morgan fingerprint density at radius 2 is 1.60 bits per heavy atom. The second-order valence-electron chi connectivity index (χ2n) is 4.63. The Hall–Kier alpha value is -0.780. The van der Waals surface area contributed by atoms with Crippen LogP contribution in [0.5, 0.6) is 0 Å². The van der Waals surface area contributed by atoms with E-state index < -0.39 is 0 Å². The molecule has 0 amide bonds. The van der Waals surface area contributed by atoms with Crippen LogP contribution >= 0.6 is 0 Å². The van der Waals surface area contributed by atoms with Crippen molar-refractivity contribution in [2.45, 2.75) is 59.3 Å². The third-order valence-corrected chi connectivity index (χ3v) is 3.14. The van der Waals surface area contributed by atoms with Gasteiger partial charge in [0.1, 0.15) is 0 Å². The molecule has 1 aromatic rings. The third-order valence-electron chi connectivity index (χ3n) is 3.14. The van der Waals surface area contributed by atoms with Crippen LogP contribution in [0.25, 0.3) is 0 Å². The van der Waals surface area contributed by atoms with Crippen molar-refractivity contribution in [3.05, 3.63) is 34.9 Å². The molecule has 0 bridgehead atoms. The standard InChI is InChI=1S/C15H24/c1-5-7-14(8-6-2)15-10-9-12(3)11-13(15)4/h9-11,14H,5-8H2,1-4H3. The highest BCUT2D eigenvalue weighted by Gasteiger charge is 2.11. The Kier molecular flexibility index (Phi) is 4.87. The Morgan fingerprint density at radius 3 is 2.07 bits per heavy atom. The third kappa shape index (κ3) is 3.37. The van der Waals surface area contributed by atoms with E-state index in [0.29, 0.717) is 0 Å². The number of hydrogen-bond donors (Lipinski definition) is 0. The predicted octanol–water partition coefficient (Wildman–Crippen LogP) is 4.99. The van der Waals surface area contributed by atoms with Gasteiger partial charge in [-0.05, 0) is 43.7 Å². The summed E-state index contributed by atoms with van der Waals surface area (Å²) in [6.45, 7) is 8.99. The minimum Gasteiger partial charge on any atom is -0.0654 e. The maximum Gasteiger partial charge on any atom is -0.0160 e. The van der Waals surface area contributed by atoms with Gasteiger partial charge in [0.2, 0.25) is 0 Å². The molecule has 0 spiro atoms. The van der Waals surface area contributed by atoms with E-state index >= 15 is 0 Å². The predicted molar refractivity (Wildman–Crippen MR) is 68.5 cm³/mol. The topological polar surface area (TPSA) is 0 Å². The fraction of sp³-hybridized carbons (Fsp3) is 0.600. The van der Waals surface area contributed by atoms with E-state index in [1.165, 1.54) is 36.8 Å². The average molecular weight is 204 g/mol. The molecule has 0 radical (unpaired) electrons. The maximum absolute atomic E-state index is 2.33. The first-order valence-corrected chi connectivity index (χ1v) is 6.26. The zero-order valence-corrected chi connectivity index (χ0v) is 10.6. The summed E-state index contributed by atoms with van der Waals surface area (Å²) < 4.78 is 0. The molecule has 0 heteroatoms. The van der Waals surface area contributed by atoms with Gasteiger partial charge in [0.15, 0.2) is 0 Å². The first-order chi connectivity index (χ1) is 7.19. The van der Waals surface area contributed by atoms with E-state index in [2.05, 4.69) is 45.9 Å². The summed E-state index contributed by atoms with van der Waals surface area (Å²) in [5.74, 6) is 0.778. The van der Waals surface area contributed by atoms with Crippen LogP contribution in [0.2, 0.25) is 0 Å². The van der Waals surface area contributed by atoms with Gasteiger partial charge in [0.25, 0.3) is 0 Å². The largest absolute Gasteiger partial charge is 0.0654 e. The highest BCUT2D eigenvalue weighted by Crippen LogP contribution is 2.29. The van der Waals surface area contributed by atoms with Crippen molar-refractivity contribution in [2.75, 3.05) is 0 Å². The molecule has 0 saturated carbocycles. The van der Waals surface area contributed by atoms with Crippen LogP contribution in [0.3, 0.4) is 0 Å². The summed E-state index contributed by atoms with van der Waals surface area (Å²) in [6.07, 6.45) is 5.24. The first-order valence-electron chi connectivity index (χ1n) is 6.26. The van der Waals surface area contributed by atoms with Crippen molar-refractivity contribution >= 4 is 0 Å². The number of aryl methyl sites for hydroxylation is 2. The average Bonchev–Trinajstić information content (AvgIpc) is 2.17. The maximum atomic E-state index is 2.33. The molecule has 1 aromatic carbocycles. The summed E-state index contributed by atoms with van der Waals surface area (Å²) in [5, 5.41) is 0. The Balaban J connectivity index is 2.89. The van der Waals surface area contributed by atoms with E-state index in [-0.39, 0.29) is 0 Å². The minimum absolute atomic E-state index is 0.778. The van der Waals surface area contributed by atoms with Crippen LogP contribution in [0, 0.1) is 13.8 Å². The highest BCUT2D eigenvalue weighted by molar-refractivity contribution is 5.33. The molecule has 0 unspecified atom stereocenters. The number of hydrogen-bond acceptors (Lipinski definition) is 0. The molecule has 0 N–H and O–H groups in total. The van der Waals surface area contributed by atoms with E-state index in [0.717, 1.165) is 5.92 Å². The van der Waals surface area contributed by atoms with E-state index in [1.54, 1.807) is 5.56 Å². The molecular formula is C15H24. The lowest BCUT2D eigenvalue weighted by Crippen LogP contribution is -2.01. The highest BCUT2D eigenvalue weighted by atomic mass is 14.2. The van der Waals surface area contributed by atoms with Crippen LogP contribution in [-0.4, -0.2) is 0 Å². The zero-order valence-electron chi connectivity index (χ0n) is 10.6. The van der Waals surface area contributed by atoms with Crippen molar-refractivity contribution in [2.24, 2.45) is 0 Å². The molecule has 0 atom stereocenters. The summed E-state index contributed by atoms with van der Waals surface area (Å²) >= 11 is 0. The van der Waals surface area contributed by atoms with Crippen LogP contribution in [-0.2, 0) is 0 Å². The molecule has 0 aliphatic heterocycles. The summed E-state index contributed by atoms with van der Waals surface area (Å²) in [7, 11) is 0. The fourth-order valence-corrected chi connectivity index (χ4v) is 2.44. The molecule has 0 heterocycles. The quantitative estimate of drug-likeness (QED) is 0.634. The van der Waals surface area contributed by atoms with Crippen LogP contribution in [0.4, 0.5) is 0 Å². The molecule has 0 aliphatic rings. The van der Waals surface area contributed by atoms with Crippen LogP contribution in [0.15, 0.2) is 18.2 Å². The van der Waals surface area contributed by atoms with Crippen molar-refractivity contribution in [1.82, 2.24) is 0 Å². The molecule has 15 heavy (non-hydrogen) atoms. The Labute approximate surface area is 94.7 Å². The molecule has 1 rings (SSSR count). The lowest BCUT2D eigenvalue weighted by atomic mass is 9.87. The van der Waals surface area contributed by atoms with Crippen molar-refractivity contribution < 1.29 is 0 Å². The molecule has 0 nitrogen and oxygen atoms in total. The molecule has 0 fully saturated rings. The normalized spacial score (nSPS) is 11.0. The summed E-state index contributed by atoms with van der Waals surface area (Å²) in [4.78, 5) is 0. The van der Waals surface area contributed by atoms with Gasteiger partial charge in [0, 0.05) is 0 Å². The van der Waals surface area contributed by atoms with E-state index in [9.17, 15) is 0 Å². The van der Waals surface area contributed by atoms with Gasteiger partial charge in [-0.25, -0.2) is 0 Å². The monoisotopic (exact) mass is 204 g/mol.